The zero-order chi connectivity index (χ0) is 5.86. The molecule has 0 atom stereocenters. The van der Waals surface area contributed by atoms with Crippen molar-refractivity contribution in [1.82, 2.24) is 0 Å². The zero-order valence-corrected chi connectivity index (χ0v) is 4.71. The SMILES string of the molecule is CC(=N)CC(C)=N. The van der Waals surface area contributed by atoms with Crippen LogP contribution < -0.4 is 0 Å². The average Bonchev–Trinajstić information content (AvgIpc) is 1.27. The largest absolute Gasteiger partial charge is 0.310 e. The van der Waals surface area contributed by atoms with Crippen molar-refractivity contribution < 1.29 is 0 Å². The molecule has 0 heterocycles. The summed E-state index contributed by atoms with van der Waals surface area (Å²) < 4.78 is 0. The smallest absolute Gasteiger partial charge is 0.0224 e. The van der Waals surface area contributed by atoms with Crippen molar-refractivity contribution >= 4 is 11.4 Å². The lowest BCUT2D eigenvalue weighted by atomic mass is 10.2. The third kappa shape index (κ3) is 5.34. The molecule has 0 fully saturated rings. The minimum Gasteiger partial charge on any atom is -0.310 e. The van der Waals surface area contributed by atoms with E-state index in [9.17, 15) is 0 Å². The van der Waals surface area contributed by atoms with Gasteiger partial charge in [-0.05, 0) is 13.8 Å². The van der Waals surface area contributed by atoms with Gasteiger partial charge in [-0.15, -0.1) is 0 Å². The minimum atomic E-state index is 0.528. The lowest BCUT2D eigenvalue weighted by Crippen LogP contribution is -1.95. The molecule has 7 heavy (non-hydrogen) atoms. The Morgan fingerprint density at radius 1 is 1.14 bits per heavy atom. The predicted octanol–water partition coefficient (Wildman–Crippen LogP) is 1.46. The van der Waals surface area contributed by atoms with Gasteiger partial charge in [-0.2, -0.15) is 0 Å². The minimum absolute atomic E-state index is 0.528. The maximum atomic E-state index is 6.88. The van der Waals surface area contributed by atoms with Crippen LogP contribution in [-0.2, 0) is 0 Å². The van der Waals surface area contributed by atoms with E-state index >= 15 is 0 Å². The molecule has 0 bridgehead atoms. The maximum Gasteiger partial charge on any atom is 0.0224 e. The molecule has 2 N–H and O–H groups in total. The Labute approximate surface area is 43.6 Å². The van der Waals surface area contributed by atoms with E-state index in [4.69, 9.17) is 10.8 Å². The molecule has 2 heteroatoms. The number of hydrogen-bond acceptors (Lipinski definition) is 2. The molecule has 0 aromatic heterocycles. The van der Waals surface area contributed by atoms with Crippen molar-refractivity contribution in [1.29, 1.82) is 10.8 Å². The van der Waals surface area contributed by atoms with Crippen LogP contribution in [0.2, 0.25) is 0 Å². The molecule has 0 unspecified atom stereocenters. The van der Waals surface area contributed by atoms with Gasteiger partial charge in [0.15, 0.2) is 0 Å². The van der Waals surface area contributed by atoms with Gasteiger partial charge >= 0.3 is 0 Å². The third-order valence-corrected chi connectivity index (χ3v) is 0.530. The number of nitrogens with one attached hydrogen (secondary N) is 2. The highest BCUT2D eigenvalue weighted by Crippen LogP contribution is 1.81. The average molecular weight is 98.1 g/mol. The van der Waals surface area contributed by atoms with Gasteiger partial charge in [-0.25, -0.2) is 0 Å². The van der Waals surface area contributed by atoms with Crippen LogP contribution >= 0.6 is 0 Å². The number of rotatable bonds is 2. The highest BCUT2D eigenvalue weighted by atomic mass is 14.4. The number of hydrogen-bond donors (Lipinski definition) is 2. The summed E-state index contributed by atoms with van der Waals surface area (Å²) in [6.07, 6.45) is 0.528. The van der Waals surface area contributed by atoms with Crippen molar-refractivity contribution in [3.8, 4) is 0 Å². The second kappa shape index (κ2) is 2.50. The molecule has 0 amide bonds. The first kappa shape index (κ1) is 6.34. The van der Waals surface area contributed by atoms with Gasteiger partial charge in [-0.1, -0.05) is 0 Å². The second-order valence-corrected chi connectivity index (χ2v) is 1.74. The fourth-order valence-corrected chi connectivity index (χ4v) is 0.398. The van der Waals surface area contributed by atoms with Crippen molar-refractivity contribution in [3.63, 3.8) is 0 Å². The molecule has 0 saturated heterocycles. The molecule has 0 radical (unpaired) electrons. The van der Waals surface area contributed by atoms with Gasteiger partial charge in [0, 0.05) is 17.8 Å². The Morgan fingerprint density at radius 2 is 1.43 bits per heavy atom. The van der Waals surface area contributed by atoms with E-state index in [-0.39, 0.29) is 0 Å². The fourth-order valence-electron chi connectivity index (χ4n) is 0.398. The van der Waals surface area contributed by atoms with E-state index in [1.165, 1.54) is 0 Å². The Morgan fingerprint density at radius 3 is 1.43 bits per heavy atom. The summed E-state index contributed by atoms with van der Waals surface area (Å²) in [7, 11) is 0. The summed E-state index contributed by atoms with van der Waals surface area (Å²) in [6.45, 7) is 3.41. The zero-order valence-electron chi connectivity index (χ0n) is 4.71. The molecule has 0 aliphatic heterocycles. The summed E-state index contributed by atoms with van der Waals surface area (Å²) in [5, 5.41) is 13.8. The molecular formula is C5H10N2. The monoisotopic (exact) mass is 98.1 g/mol. The van der Waals surface area contributed by atoms with Crippen LogP contribution in [0.3, 0.4) is 0 Å². The van der Waals surface area contributed by atoms with Crippen LogP contribution in [0, 0.1) is 10.8 Å². The lowest BCUT2D eigenvalue weighted by molar-refractivity contribution is 1.32. The summed E-state index contributed by atoms with van der Waals surface area (Å²) >= 11 is 0. The summed E-state index contributed by atoms with van der Waals surface area (Å²) in [5.74, 6) is 0. The first-order valence-electron chi connectivity index (χ1n) is 2.21. The van der Waals surface area contributed by atoms with Crippen LogP contribution in [-0.4, -0.2) is 11.4 Å². The second-order valence-electron chi connectivity index (χ2n) is 1.74. The normalized spacial score (nSPS) is 8.29. The van der Waals surface area contributed by atoms with Crippen LogP contribution in [0.1, 0.15) is 20.3 Å². The molecule has 0 saturated carbocycles. The van der Waals surface area contributed by atoms with Gasteiger partial charge in [0.05, 0.1) is 0 Å². The molecule has 0 rings (SSSR count). The maximum absolute atomic E-state index is 6.88. The van der Waals surface area contributed by atoms with Gasteiger partial charge in [0.1, 0.15) is 0 Å². The van der Waals surface area contributed by atoms with E-state index in [1.54, 1.807) is 13.8 Å². The van der Waals surface area contributed by atoms with E-state index in [0.717, 1.165) is 0 Å². The van der Waals surface area contributed by atoms with Crippen molar-refractivity contribution in [2.24, 2.45) is 0 Å². The highest BCUT2D eigenvalue weighted by molar-refractivity contribution is 5.99. The van der Waals surface area contributed by atoms with Gasteiger partial charge in [0.25, 0.3) is 0 Å². The molecular weight excluding hydrogens is 88.1 g/mol. The molecule has 0 aliphatic carbocycles. The van der Waals surface area contributed by atoms with E-state index in [1.807, 2.05) is 0 Å². The van der Waals surface area contributed by atoms with Crippen LogP contribution in [0.25, 0.3) is 0 Å². The molecule has 0 aliphatic rings. The molecule has 0 aromatic rings. The lowest BCUT2D eigenvalue weighted by Gasteiger charge is -1.89. The van der Waals surface area contributed by atoms with Crippen molar-refractivity contribution in [2.45, 2.75) is 20.3 Å². The fraction of sp³-hybridized carbons (Fsp3) is 0.600. The van der Waals surface area contributed by atoms with Gasteiger partial charge < -0.3 is 10.8 Å². The van der Waals surface area contributed by atoms with E-state index in [0.29, 0.717) is 17.8 Å². The topological polar surface area (TPSA) is 47.7 Å². The van der Waals surface area contributed by atoms with Crippen molar-refractivity contribution in [3.05, 3.63) is 0 Å². The Bertz CT molecular complexity index is 82.3. The summed E-state index contributed by atoms with van der Waals surface area (Å²) in [5.41, 5.74) is 1.13. The van der Waals surface area contributed by atoms with E-state index in [2.05, 4.69) is 0 Å². The van der Waals surface area contributed by atoms with Crippen molar-refractivity contribution in [2.75, 3.05) is 0 Å². The first-order valence-corrected chi connectivity index (χ1v) is 2.21. The molecule has 0 spiro atoms. The predicted molar refractivity (Wildman–Crippen MR) is 31.4 cm³/mol. The van der Waals surface area contributed by atoms with Crippen LogP contribution in [0.5, 0.6) is 0 Å². The van der Waals surface area contributed by atoms with Gasteiger partial charge in [-0.3, -0.25) is 0 Å². The summed E-state index contributed by atoms with van der Waals surface area (Å²) in [4.78, 5) is 0. The standard InChI is InChI=1S/C5H10N2/c1-4(6)3-5(2)7/h6-7H,3H2,1-2H3. The first-order chi connectivity index (χ1) is 3.13. The van der Waals surface area contributed by atoms with Gasteiger partial charge in [0.2, 0.25) is 0 Å². The highest BCUT2D eigenvalue weighted by Gasteiger charge is 1.86. The third-order valence-electron chi connectivity index (χ3n) is 0.530. The molecule has 0 aromatic carbocycles. The molecule has 2 nitrogen and oxygen atoms in total. The molecule has 40 valence electrons. The Hall–Kier alpha value is -0.660. The Kier molecular flexibility index (Phi) is 2.27. The van der Waals surface area contributed by atoms with Crippen LogP contribution in [0.15, 0.2) is 0 Å². The summed E-state index contributed by atoms with van der Waals surface area (Å²) in [6, 6.07) is 0. The quantitative estimate of drug-likeness (QED) is 0.491. The van der Waals surface area contributed by atoms with E-state index < -0.39 is 0 Å². The van der Waals surface area contributed by atoms with Crippen LogP contribution in [0.4, 0.5) is 0 Å². The Balaban J connectivity index is 3.32.